The highest BCUT2D eigenvalue weighted by molar-refractivity contribution is 5.74. The lowest BCUT2D eigenvalue weighted by Gasteiger charge is -2.25. The van der Waals surface area contributed by atoms with Gasteiger partial charge in [-0.05, 0) is 13.0 Å². The lowest BCUT2D eigenvalue weighted by molar-refractivity contribution is 0.157. The van der Waals surface area contributed by atoms with Crippen molar-refractivity contribution in [2.24, 2.45) is 0 Å². The number of carbonyl (C=O) groups is 1. The van der Waals surface area contributed by atoms with E-state index < -0.39 is 0 Å². The van der Waals surface area contributed by atoms with Crippen LogP contribution in [0.1, 0.15) is 12.5 Å². The van der Waals surface area contributed by atoms with E-state index in [2.05, 4.69) is 0 Å². The predicted octanol–water partition coefficient (Wildman–Crippen LogP) is 1.95. The molecule has 0 N–H and O–H groups in total. The number of nitrogens with zero attached hydrogens (tertiary/aromatic N) is 2. The fourth-order valence-electron chi connectivity index (χ4n) is 1.87. The number of para-hydroxylation sites is 1. The largest absolute Gasteiger partial charge is 0.491 e. The van der Waals surface area contributed by atoms with Gasteiger partial charge in [-0.3, -0.25) is 0 Å². The second-order valence-corrected chi connectivity index (χ2v) is 4.17. The van der Waals surface area contributed by atoms with Gasteiger partial charge in [0, 0.05) is 19.2 Å². The van der Waals surface area contributed by atoms with E-state index in [4.69, 9.17) is 4.74 Å². The van der Waals surface area contributed by atoms with Gasteiger partial charge >= 0.3 is 6.03 Å². The Balaban J connectivity index is 2.15. The number of hydrogen-bond donors (Lipinski definition) is 0. The summed E-state index contributed by atoms with van der Waals surface area (Å²) in [6, 6.07) is 7.95. The second-order valence-electron chi connectivity index (χ2n) is 4.17. The number of ether oxygens (including phenoxy) is 1. The number of carbonyl (C=O) groups excluding carboxylic acids is 1. The molecule has 92 valence electrons. The molecule has 0 bridgehead atoms. The van der Waals surface area contributed by atoms with Crippen LogP contribution < -0.4 is 4.74 Å². The summed E-state index contributed by atoms with van der Waals surface area (Å²) in [6.45, 7) is 4.51. The Morgan fingerprint density at radius 2 is 2.24 bits per heavy atom. The number of fused-ring (bicyclic) bond motifs is 1. The molecular formula is C13H18N2O2. The van der Waals surface area contributed by atoms with Gasteiger partial charge in [0.05, 0.1) is 13.1 Å². The first kappa shape index (κ1) is 11.8. The molecule has 1 aromatic rings. The maximum absolute atomic E-state index is 12.1. The molecule has 0 fully saturated rings. The van der Waals surface area contributed by atoms with Crippen LogP contribution in [0.25, 0.3) is 0 Å². The van der Waals surface area contributed by atoms with E-state index in [-0.39, 0.29) is 6.03 Å². The number of urea groups is 1. The molecule has 0 saturated carbocycles. The summed E-state index contributed by atoms with van der Waals surface area (Å²) < 4.78 is 5.63. The monoisotopic (exact) mass is 234 g/mol. The van der Waals surface area contributed by atoms with Crippen molar-refractivity contribution in [3.05, 3.63) is 29.8 Å². The van der Waals surface area contributed by atoms with Gasteiger partial charge in [0.2, 0.25) is 0 Å². The van der Waals surface area contributed by atoms with Crippen molar-refractivity contribution < 1.29 is 9.53 Å². The van der Waals surface area contributed by atoms with Crippen LogP contribution in [-0.4, -0.2) is 42.6 Å². The van der Waals surface area contributed by atoms with Crippen molar-refractivity contribution in [3.63, 3.8) is 0 Å². The van der Waals surface area contributed by atoms with Gasteiger partial charge in [-0.25, -0.2) is 4.79 Å². The average molecular weight is 234 g/mol. The second kappa shape index (κ2) is 5.08. The Hall–Kier alpha value is -1.71. The van der Waals surface area contributed by atoms with Gasteiger partial charge in [-0.1, -0.05) is 18.2 Å². The van der Waals surface area contributed by atoms with Crippen LogP contribution in [0.2, 0.25) is 0 Å². The number of amides is 2. The van der Waals surface area contributed by atoms with Gasteiger partial charge in [0.15, 0.2) is 0 Å². The van der Waals surface area contributed by atoms with Crippen molar-refractivity contribution in [3.8, 4) is 5.75 Å². The van der Waals surface area contributed by atoms with E-state index in [9.17, 15) is 4.79 Å². The molecule has 4 nitrogen and oxygen atoms in total. The van der Waals surface area contributed by atoms with Crippen molar-refractivity contribution in [2.75, 3.05) is 26.7 Å². The Kier molecular flexibility index (Phi) is 3.52. The van der Waals surface area contributed by atoms with E-state index in [1.165, 1.54) is 0 Å². The van der Waals surface area contributed by atoms with Crippen LogP contribution >= 0.6 is 0 Å². The number of hydrogen-bond acceptors (Lipinski definition) is 2. The minimum absolute atomic E-state index is 0.0628. The number of benzene rings is 1. The van der Waals surface area contributed by atoms with Crippen LogP contribution in [0, 0.1) is 0 Å². The molecule has 1 heterocycles. The molecule has 1 aliphatic rings. The van der Waals surface area contributed by atoms with Crippen LogP contribution in [0.15, 0.2) is 24.3 Å². The standard InChI is InChI=1S/C13H18N2O2/c1-3-14(2)13(16)15-8-9-17-12-7-5-4-6-11(12)10-15/h4-7H,3,8-10H2,1-2H3. The van der Waals surface area contributed by atoms with Crippen molar-refractivity contribution in [1.82, 2.24) is 9.80 Å². The highest BCUT2D eigenvalue weighted by atomic mass is 16.5. The number of rotatable bonds is 1. The Morgan fingerprint density at radius 3 is 3.00 bits per heavy atom. The van der Waals surface area contributed by atoms with Crippen LogP contribution in [-0.2, 0) is 6.54 Å². The van der Waals surface area contributed by atoms with E-state index in [1.54, 1.807) is 4.90 Å². The lowest BCUT2D eigenvalue weighted by atomic mass is 10.2. The van der Waals surface area contributed by atoms with Gasteiger partial charge in [0.1, 0.15) is 12.4 Å². The molecule has 0 radical (unpaired) electrons. The summed E-state index contributed by atoms with van der Waals surface area (Å²) in [5, 5.41) is 0. The molecule has 0 saturated heterocycles. The fraction of sp³-hybridized carbons (Fsp3) is 0.462. The minimum atomic E-state index is 0.0628. The quantitative estimate of drug-likeness (QED) is 0.744. The van der Waals surface area contributed by atoms with Crippen LogP contribution in [0.4, 0.5) is 4.79 Å². The molecular weight excluding hydrogens is 216 g/mol. The normalized spacial score (nSPS) is 14.6. The van der Waals surface area contributed by atoms with Crippen molar-refractivity contribution in [1.29, 1.82) is 0 Å². The summed E-state index contributed by atoms with van der Waals surface area (Å²) in [7, 11) is 1.82. The maximum atomic E-state index is 12.1. The van der Waals surface area contributed by atoms with Gasteiger partial charge in [-0.2, -0.15) is 0 Å². The first-order chi connectivity index (χ1) is 8.22. The molecule has 17 heavy (non-hydrogen) atoms. The molecule has 2 rings (SSSR count). The first-order valence-electron chi connectivity index (χ1n) is 5.93. The lowest BCUT2D eigenvalue weighted by Crippen LogP contribution is -2.41. The van der Waals surface area contributed by atoms with Gasteiger partial charge in [0.25, 0.3) is 0 Å². The summed E-state index contributed by atoms with van der Waals surface area (Å²) >= 11 is 0. The molecule has 2 amide bonds. The molecule has 1 aromatic carbocycles. The summed E-state index contributed by atoms with van der Waals surface area (Å²) in [5.41, 5.74) is 1.07. The summed E-state index contributed by atoms with van der Waals surface area (Å²) in [5.74, 6) is 0.891. The Morgan fingerprint density at radius 1 is 1.47 bits per heavy atom. The Labute approximate surface area is 102 Å². The third kappa shape index (κ3) is 2.52. The first-order valence-corrected chi connectivity index (χ1v) is 5.93. The van der Waals surface area contributed by atoms with E-state index in [0.29, 0.717) is 19.7 Å². The van der Waals surface area contributed by atoms with E-state index in [1.807, 2.05) is 43.1 Å². The van der Waals surface area contributed by atoms with Crippen LogP contribution in [0.3, 0.4) is 0 Å². The maximum Gasteiger partial charge on any atom is 0.320 e. The van der Waals surface area contributed by atoms with Crippen molar-refractivity contribution >= 4 is 6.03 Å². The topological polar surface area (TPSA) is 32.8 Å². The molecule has 1 aliphatic heterocycles. The van der Waals surface area contributed by atoms with E-state index in [0.717, 1.165) is 17.9 Å². The molecule has 0 unspecified atom stereocenters. The molecule has 0 spiro atoms. The molecule has 0 atom stereocenters. The highest BCUT2D eigenvalue weighted by Gasteiger charge is 2.21. The molecule has 0 aliphatic carbocycles. The average Bonchev–Trinajstić information content (AvgIpc) is 2.58. The highest BCUT2D eigenvalue weighted by Crippen LogP contribution is 2.22. The minimum Gasteiger partial charge on any atom is -0.491 e. The van der Waals surface area contributed by atoms with Gasteiger partial charge in [-0.15, -0.1) is 0 Å². The summed E-state index contributed by atoms with van der Waals surface area (Å²) in [6.07, 6.45) is 0. The zero-order valence-electron chi connectivity index (χ0n) is 10.3. The van der Waals surface area contributed by atoms with Crippen LogP contribution in [0.5, 0.6) is 5.75 Å². The fourth-order valence-corrected chi connectivity index (χ4v) is 1.87. The van der Waals surface area contributed by atoms with E-state index >= 15 is 0 Å². The predicted molar refractivity (Wildman–Crippen MR) is 66.0 cm³/mol. The third-order valence-corrected chi connectivity index (χ3v) is 3.02. The summed E-state index contributed by atoms with van der Waals surface area (Å²) in [4.78, 5) is 15.6. The SMILES string of the molecule is CCN(C)C(=O)N1CCOc2ccccc2C1. The smallest absolute Gasteiger partial charge is 0.320 e. The zero-order chi connectivity index (χ0) is 12.3. The van der Waals surface area contributed by atoms with Gasteiger partial charge < -0.3 is 14.5 Å². The molecule has 0 aromatic heterocycles. The Bertz CT molecular complexity index is 406. The zero-order valence-corrected chi connectivity index (χ0v) is 10.3. The third-order valence-electron chi connectivity index (χ3n) is 3.02. The van der Waals surface area contributed by atoms with Crippen molar-refractivity contribution in [2.45, 2.75) is 13.5 Å². The molecule has 4 heteroatoms.